The molecule has 0 unspecified atom stereocenters. The molecular weight excluding hydrogens is 174 g/mol. The Labute approximate surface area is 88.4 Å². The van der Waals surface area contributed by atoms with E-state index < -0.39 is 0 Å². The van der Waals surface area contributed by atoms with Gasteiger partial charge in [-0.05, 0) is 37.6 Å². The molecule has 2 heteroatoms. The van der Waals surface area contributed by atoms with Gasteiger partial charge in [0.25, 0.3) is 0 Å². The first-order chi connectivity index (χ1) is 6.47. The molecule has 0 aromatic carbocycles. The molecule has 1 aliphatic carbocycles. The van der Waals surface area contributed by atoms with Crippen LogP contribution in [-0.4, -0.2) is 25.8 Å². The Kier molecular flexibility index (Phi) is 3.96. The number of ether oxygens (including phenoxy) is 1. The van der Waals surface area contributed by atoms with Gasteiger partial charge in [-0.2, -0.15) is 0 Å². The number of methoxy groups -OCH3 is 1. The van der Waals surface area contributed by atoms with E-state index in [9.17, 15) is 0 Å². The lowest BCUT2D eigenvalue weighted by Crippen LogP contribution is -2.48. The molecule has 0 aromatic rings. The summed E-state index contributed by atoms with van der Waals surface area (Å²) in [6, 6.07) is 0. The standard InChI is InChI=1S/C12H25NO/c1-11(2,3)8-9-13-10-12(14-4)6-5-7-12/h13H,5-10H2,1-4H3. The first kappa shape index (κ1) is 12.0. The van der Waals surface area contributed by atoms with Crippen molar-refractivity contribution in [3.63, 3.8) is 0 Å². The fourth-order valence-electron chi connectivity index (χ4n) is 1.80. The molecule has 84 valence electrons. The quantitative estimate of drug-likeness (QED) is 0.687. The molecule has 0 heterocycles. The van der Waals surface area contributed by atoms with Crippen LogP contribution in [0.25, 0.3) is 0 Å². The number of nitrogens with one attached hydrogen (secondary N) is 1. The maximum atomic E-state index is 5.54. The Balaban J connectivity index is 2.09. The molecular formula is C12H25NO. The third-order valence-electron chi connectivity index (χ3n) is 3.20. The molecule has 14 heavy (non-hydrogen) atoms. The van der Waals surface area contributed by atoms with E-state index in [0.29, 0.717) is 5.41 Å². The average Bonchev–Trinajstić information content (AvgIpc) is 2.00. The predicted molar refractivity (Wildman–Crippen MR) is 60.5 cm³/mol. The zero-order valence-corrected chi connectivity index (χ0v) is 10.2. The highest BCUT2D eigenvalue weighted by Crippen LogP contribution is 2.34. The second-order valence-corrected chi connectivity index (χ2v) is 5.73. The average molecular weight is 199 g/mol. The molecule has 1 N–H and O–H groups in total. The van der Waals surface area contributed by atoms with Crippen molar-refractivity contribution in [2.45, 2.75) is 52.1 Å². The normalized spacial score (nSPS) is 20.6. The van der Waals surface area contributed by atoms with Crippen LogP contribution in [-0.2, 0) is 4.74 Å². The predicted octanol–water partition coefficient (Wildman–Crippen LogP) is 2.58. The van der Waals surface area contributed by atoms with Gasteiger partial charge in [0.15, 0.2) is 0 Å². The Hall–Kier alpha value is -0.0800. The van der Waals surface area contributed by atoms with Crippen LogP contribution >= 0.6 is 0 Å². The Morgan fingerprint density at radius 3 is 2.29 bits per heavy atom. The molecule has 0 saturated heterocycles. The lowest BCUT2D eigenvalue weighted by Gasteiger charge is -2.40. The minimum Gasteiger partial charge on any atom is -0.377 e. The maximum absolute atomic E-state index is 5.54. The highest BCUT2D eigenvalue weighted by molar-refractivity contribution is 4.91. The summed E-state index contributed by atoms with van der Waals surface area (Å²) in [6.07, 6.45) is 5.01. The van der Waals surface area contributed by atoms with Crippen LogP contribution < -0.4 is 5.32 Å². The first-order valence-corrected chi connectivity index (χ1v) is 5.73. The highest BCUT2D eigenvalue weighted by Gasteiger charge is 2.36. The van der Waals surface area contributed by atoms with E-state index in [1.807, 2.05) is 7.11 Å². The van der Waals surface area contributed by atoms with Gasteiger partial charge in [-0.25, -0.2) is 0 Å². The summed E-state index contributed by atoms with van der Waals surface area (Å²) in [5.41, 5.74) is 0.616. The highest BCUT2D eigenvalue weighted by atomic mass is 16.5. The fourth-order valence-corrected chi connectivity index (χ4v) is 1.80. The van der Waals surface area contributed by atoms with Crippen molar-refractivity contribution in [2.24, 2.45) is 5.41 Å². The zero-order chi connectivity index (χ0) is 10.7. The van der Waals surface area contributed by atoms with E-state index in [1.165, 1.54) is 25.7 Å². The van der Waals surface area contributed by atoms with Gasteiger partial charge < -0.3 is 10.1 Å². The van der Waals surface area contributed by atoms with E-state index in [4.69, 9.17) is 4.74 Å². The third-order valence-corrected chi connectivity index (χ3v) is 3.20. The molecule has 0 atom stereocenters. The fraction of sp³-hybridized carbons (Fsp3) is 1.00. The molecule has 1 saturated carbocycles. The molecule has 0 aliphatic heterocycles. The SMILES string of the molecule is COC1(CNCCC(C)(C)C)CCC1. The summed E-state index contributed by atoms with van der Waals surface area (Å²) < 4.78 is 5.54. The maximum Gasteiger partial charge on any atom is 0.0802 e. The van der Waals surface area contributed by atoms with Gasteiger partial charge >= 0.3 is 0 Å². The van der Waals surface area contributed by atoms with E-state index in [1.54, 1.807) is 0 Å². The molecule has 0 radical (unpaired) electrons. The molecule has 0 bridgehead atoms. The summed E-state index contributed by atoms with van der Waals surface area (Å²) in [6.45, 7) is 8.98. The second kappa shape index (κ2) is 4.63. The monoisotopic (exact) mass is 199 g/mol. The van der Waals surface area contributed by atoms with Crippen molar-refractivity contribution in [3.05, 3.63) is 0 Å². The van der Waals surface area contributed by atoms with Gasteiger partial charge in [0, 0.05) is 13.7 Å². The molecule has 1 rings (SSSR count). The third kappa shape index (κ3) is 3.58. The van der Waals surface area contributed by atoms with Crippen molar-refractivity contribution in [2.75, 3.05) is 20.2 Å². The second-order valence-electron chi connectivity index (χ2n) is 5.73. The Bertz CT molecular complexity index is 162. The van der Waals surface area contributed by atoms with Gasteiger partial charge in [-0.15, -0.1) is 0 Å². The van der Waals surface area contributed by atoms with Crippen LogP contribution in [0.15, 0.2) is 0 Å². The van der Waals surface area contributed by atoms with Crippen molar-refractivity contribution in [1.29, 1.82) is 0 Å². The first-order valence-electron chi connectivity index (χ1n) is 5.73. The minimum atomic E-state index is 0.178. The smallest absolute Gasteiger partial charge is 0.0802 e. The van der Waals surface area contributed by atoms with Crippen LogP contribution in [0.2, 0.25) is 0 Å². The summed E-state index contributed by atoms with van der Waals surface area (Å²) in [7, 11) is 1.84. The largest absolute Gasteiger partial charge is 0.377 e. The summed E-state index contributed by atoms with van der Waals surface area (Å²) in [4.78, 5) is 0. The van der Waals surface area contributed by atoms with Gasteiger partial charge in [0.1, 0.15) is 0 Å². The van der Waals surface area contributed by atoms with Crippen molar-refractivity contribution >= 4 is 0 Å². The van der Waals surface area contributed by atoms with Crippen LogP contribution in [0.3, 0.4) is 0 Å². The van der Waals surface area contributed by atoms with Gasteiger partial charge in [-0.3, -0.25) is 0 Å². The van der Waals surface area contributed by atoms with Crippen LogP contribution in [0.4, 0.5) is 0 Å². The summed E-state index contributed by atoms with van der Waals surface area (Å²) in [5.74, 6) is 0. The Morgan fingerprint density at radius 1 is 1.29 bits per heavy atom. The van der Waals surface area contributed by atoms with Crippen molar-refractivity contribution in [1.82, 2.24) is 5.32 Å². The minimum absolute atomic E-state index is 0.178. The lowest BCUT2D eigenvalue weighted by atomic mass is 9.80. The van der Waals surface area contributed by atoms with E-state index in [2.05, 4.69) is 26.1 Å². The van der Waals surface area contributed by atoms with Gasteiger partial charge in [0.05, 0.1) is 5.60 Å². The topological polar surface area (TPSA) is 21.3 Å². The zero-order valence-electron chi connectivity index (χ0n) is 10.2. The van der Waals surface area contributed by atoms with Crippen molar-refractivity contribution in [3.8, 4) is 0 Å². The van der Waals surface area contributed by atoms with Crippen LogP contribution in [0.5, 0.6) is 0 Å². The Morgan fingerprint density at radius 2 is 1.93 bits per heavy atom. The number of hydrogen-bond donors (Lipinski definition) is 1. The van der Waals surface area contributed by atoms with Crippen molar-refractivity contribution < 1.29 is 4.74 Å². The summed E-state index contributed by atoms with van der Waals surface area (Å²) in [5, 5.41) is 3.51. The molecule has 0 aromatic heterocycles. The molecule has 1 aliphatic rings. The molecule has 1 fully saturated rings. The van der Waals surface area contributed by atoms with Gasteiger partial charge in [0.2, 0.25) is 0 Å². The molecule has 0 amide bonds. The van der Waals surface area contributed by atoms with E-state index in [0.717, 1.165) is 13.1 Å². The van der Waals surface area contributed by atoms with Crippen LogP contribution in [0.1, 0.15) is 46.5 Å². The molecule has 2 nitrogen and oxygen atoms in total. The van der Waals surface area contributed by atoms with E-state index >= 15 is 0 Å². The number of rotatable bonds is 5. The number of hydrogen-bond acceptors (Lipinski definition) is 2. The van der Waals surface area contributed by atoms with Crippen LogP contribution in [0, 0.1) is 5.41 Å². The summed E-state index contributed by atoms with van der Waals surface area (Å²) >= 11 is 0. The molecule has 0 spiro atoms. The van der Waals surface area contributed by atoms with Gasteiger partial charge in [-0.1, -0.05) is 20.8 Å². The van der Waals surface area contributed by atoms with E-state index in [-0.39, 0.29) is 5.60 Å². The lowest BCUT2D eigenvalue weighted by molar-refractivity contribution is -0.0694.